The lowest BCUT2D eigenvalue weighted by Gasteiger charge is -2.33. The number of hydrogen-bond donors (Lipinski definition) is 1. The van der Waals surface area contributed by atoms with Crippen molar-refractivity contribution in [1.29, 1.82) is 0 Å². The molecular weight excluding hydrogens is 483 g/mol. The molecule has 0 radical (unpaired) electrons. The van der Waals surface area contributed by atoms with E-state index in [9.17, 15) is 22.4 Å². The van der Waals surface area contributed by atoms with E-state index in [0.29, 0.717) is 0 Å². The molecule has 1 fully saturated rings. The van der Waals surface area contributed by atoms with E-state index in [-0.39, 0.29) is 24.2 Å². The summed E-state index contributed by atoms with van der Waals surface area (Å²) in [5, 5.41) is 3.04. The molecule has 0 spiro atoms. The Morgan fingerprint density at radius 3 is 2.31 bits per heavy atom. The maximum Gasteiger partial charge on any atom is 0.304 e. The summed E-state index contributed by atoms with van der Waals surface area (Å²) < 4.78 is 41.7. The molecule has 0 saturated heterocycles. The van der Waals surface area contributed by atoms with Crippen molar-refractivity contribution in [2.75, 3.05) is 24.9 Å². The van der Waals surface area contributed by atoms with Gasteiger partial charge in [0, 0.05) is 26.7 Å². The number of carbonyl (C=O) groups excluding carboxylic acids is 2. The van der Waals surface area contributed by atoms with Crippen LogP contribution in [0.25, 0.3) is 0 Å². The number of rotatable bonds is 10. The van der Waals surface area contributed by atoms with Gasteiger partial charge in [0.2, 0.25) is 11.8 Å². The summed E-state index contributed by atoms with van der Waals surface area (Å²) in [4.78, 5) is 28.2. The second-order valence-electron chi connectivity index (χ2n) is 9.45. The van der Waals surface area contributed by atoms with Gasteiger partial charge in [0.15, 0.2) is 0 Å². The minimum Gasteiger partial charge on any atom is -0.352 e. The molecule has 3 rings (SSSR count). The fraction of sp³-hybridized carbons (Fsp3) is 0.462. The van der Waals surface area contributed by atoms with Crippen molar-refractivity contribution in [3.63, 3.8) is 0 Å². The summed E-state index contributed by atoms with van der Waals surface area (Å²) >= 11 is 0. The summed E-state index contributed by atoms with van der Waals surface area (Å²) in [6.07, 6.45) is 3.92. The number of amides is 2. The number of halogens is 1. The second-order valence-corrected chi connectivity index (χ2v) is 11.5. The Bertz CT molecular complexity index is 1160. The second kappa shape index (κ2) is 11.8. The highest BCUT2D eigenvalue weighted by Crippen LogP contribution is 2.22. The van der Waals surface area contributed by atoms with Crippen LogP contribution in [0.3, 0.4) is 0 Å². The van der Waals surface area contributed by atoms with Gasteiger partial charge in [-0.1, -0.05) is 42.7 Å². The molecule has 1 aliphatic rings. The molecule has 36 heavy (non-hydrogen) atoms. The van der Waals surface area contributed by atoms with Gasteiger partial charge in [-0.3, -0.25) is 9.59 Å². The molecule has 196 valence electrons. The lowest BCUT2D eigenvalue weighted by Crippen LogP contribution is -2.53. The molecule has 2 aromatic rings. The highest BCUT2D eigenvalue weighted by atomic mass is 32.2. The van der Waals surface area contributed by atoms with Gasteiger partial charge >= 0.3 is 10.2 Å². The van der Waals surface area contributed by atoms with Crippen LogP contribution in [0.1, 0.15) is 43.7 Å². The van der Waals surface area contributed by atoms with E-state index in [1.165, 1.54) is 31.1 Å². The maximum atomic E-state index is 13.7. The zero-order chi connectivity index (χ0) is 26.5. The lowest BCUT2D eigenvalue weighted by atomic mass is 10.1. The zero-order valence-corrected chi connectivity index (χ0v) is 22.1. The molecule has 0 bridgehead atoms. The monoisotopic (exact) mass is 518 g/mol. The molecule has 1 atom stereocenters. The smallest absolute Gasteiger partial charge is 0.304 e. The third-order valence-electron chi connectivity index (χ3n) is 6.44. The zero-order valence-electron chi connectivity index (χ0n) is 21.3. The summed E-state index contributed by atoms with van der Waals surface area (Å²) in [5.41, 5.74) is 1.98. The standard InChI is InChI=1S/C26H35FN4O4S/c1-19-8-7-9-21(16-19)17-30(20(2)26(33)28-23-10-5-6-11-23)25(32)18-31(36(34,35)29(3)4)24-14-12-22(27)13-15-24/h7-9,12-16,20,23H,5-6,10-11,17-18H2,1-4H3,(H,28,33). The average molecular weight is 519 g/mol. The molecule has 0 heterocycles. The van der Waals surface area contributed by atoms with Gasteiger partial charge in [0.05, 0.1) is 5.69 Å². The first kappa shape index (κ1) is 27.6. The molecule has 1 aliphatic carbocycles. The van der Waals surface area contributed by atoms with Crippen molar-refractivity contribution < 1.29 is 22.4 Å². The van der Waals surface area contributed by atoms with Crippen molar-refractivity contribution in [3.8, 4) is 0 Å². The Labute approximate surface area is 213 Å². The summed E-state index contributed by atoms with van der Waals surface area (Å²) in [5.74, 6) is -1.34. The van der Waals surface area contributed by atoms with E-state index < -0.39 is 34.5 Å². The van der Waals surface area contributed by atoms with Crippen molar-refractivity contribution >= 4 is 27.7 Å². The van der Waals surface area contributed by atoms with Crippen LogP contribution in [0.5, 0.6) is 0 Å². The van der Waals surface area contributed by atoms with Crippen LogP contribution < -0.4 is 9.62 Å². The molecule has 0 aliphatic heterocycles. The highest BCUT2D eigenvalue weighted by Gasteiger charge is 2.33. The number of hydrogen-bond acceptors (Lipinski definition) is 4. The minimum absolute atomic E-state index is 0.0840. The quantitative estimate of drug-likeness (QED) is 0.523. The van der Waals surface area contributed by atoms with E-state index in [2.05, 4.69) is 5.32 Å². The average Bonchev–Trinajstić information content (AvgIpc) is 3.34. The largest absolute Gasteiger partial charge is 0.352 e. The Hall–Kier alpha value is -2.98. The number of nitrogens with zero attached hydrogens (tertiary/aromatic N) is 3. The molecule has 1 N–H and O–H groups in total. The van der Waals surface area contributed by atoms with Gasteiger partial charge in [-0.25, -0.2) is 8.70 Å². The van der Waals surface area contributed by atoms with E-state index in [4.69, 9.17) is 0 Å². The fourth-order valence-electron chi connectivity index (χ4n) is 4.31. The summed E-state index contributed by atoms with van der Waals surface area (Å²) in [7, 11) is -1.36. The molecule has 2 amide bonds. The number of nitrogens with one attached hydrogen (secondary N) is 1. The van der Waals surface area contributed by atoms with Crippen LogP contribution >= 0.6 is 0 Å². The Morgan fingerprint density at radius 1 is 1.08 bits per heavy atom. The first-order valence-corrected chi connectivity index (χ1v) is 13.5. The Balaban J connectivity index is 1.92. The number of carbonyl (C=O) groups is 2. The Kier molecular flexibility index (Phi) is 9.08. The van der Waals surface area contributed by atoms with Crippen LogP contribution in [-0.4, -0.2) is 62.2 Å². The molecule has 1 unspecified atom stereocenters. The predicted octanol–water partition coefficient (Wildman–Crippen LogP) is 3.22. The lowest BCUT2D eigenvalue weighted by molar-refractivity contribution is -0.139. The van der Waals surface area contributed by atoms with Crippen molar-refractivity contribution in [3.05, 3.63) is 65.5 Å². The van der Waals surface area contributed by atoms with Crippen LogP contribution in [-0.2, 0) is 26.3 Å². The first-order valence-electron chi connectivity index (χ1n) is 12.1. The first-order chi connectivity index (χ1) is 17.0. The molecule has 0 aromatic heterocycles. The van der Waals surface area contributed by atoms with Crippen LogP contribution in [0.2, 0.25) is 0 Å². The highest BCUT2D eigenvalue weighted by molar-refractivity contribution is 7.90. The number of anilines is 1. The van der Waals surface area contributed by atoms with Crippen LogP contribution in [0.15, 0.2) is 48.5 Å². The third-order valence-corrected chi connectivity index (χ3v) is 8.26. The SMILES string of the molecule is Cc1cccc(CN(C(=O)CN(c2ccc(F)cc2)S(=O)(=O)N(C)C)C(C)C(=O)NC2CCCC2)c1. The maximum absolute atomic E-state index is 13.7. The topological polar surface area (TPSA) is 90.0 Å². The molecule has 1 saturated carbocycles. The van der Waals surface area contributed by atoms with Crippen molar-refractivity contribution in [1.82, 2.24) is 14.5 Å². The summed E-state index contributed by atoms with van der Waals surface area (Å²) in [6, 6.07) is 11.8. The van der Waals surface area contributed by atoms with E-state index >= 15 is 0 Å². The third kappa shape index (κ3) is 6.82. The minimum atomic E-state index is -4.08. The van der Waals surface area contributed by atoms with E-state index in [0.717, 1.165) is 57.6 Å². The Morgan fingerprint density at radius 2 is 1.72 bits per heavy atom. The number of benzene rings is 2. The van der Waals surface area contributed by atoms with Crippen LogP contribution in [0, 0.1) is 12.7 Å². The van der Waals surface area contributed by atoms with Gasteiger partial charge in [-0.05, 0) is 56.5 Å². The van der Waals surface area contributed by atoms with Crippen molar-refractivity contribution in [2.45, 2.75) is 58.2 Å². The molecule has 8 nitrogen and oxygen atoms in total. The molecular formula is C26H35FN4O4S. The molecule has 10 heteroatoms. The summed E-state index contributed by atoms with van der Waals surface area (Å²) in [6.45, 7) is 3.19. The van der Waals surface area contributed by atoms with Gasteiger partial charge in [0.25, 0.3) is 0 Å². The normalized spacial score (nSPS) is 15.1. The van der Waals surface area contributed by atoms with E-state index in [1.54, 1.807) is 6.92 Å². The molecule has 2 aromatic carbocycles. The van der Waals surface area contributed by atoms with E-state index in [1.807, 2.05) is 31.2 Å². The fourth-order valence-corrected chi connectivity index (χ4v) is 5.36. The van der Waals surface area contributed by atoms with Gasteiger partial charge in [0.1, 0.15) is 18.4 Å². The van der Waals surface area contributed by atoms with Gasteiger partial charge in [-0.15, -0.1) is 0 Å². The van der Waals surface area contributed by atoms with Gasteiger partial charge < -0.3 is 10.2 Å². The van der Waals surface area contributed by atoms with Crippen molar-refractivity contribution in [2.24, 2.45) is 0 Å². The predicted molar refractivity (Wildman–Crippen MR) is 138 cm³/mol. The van der Waals surface area contributed by atoms with Crippen LogP contribution in [0.4, 0.5) is 10.1 Å². The van der Waals surface area contributed by atoms with Gasteiger partial charge in [-0.2, -0.15) is 12.7 Å². The number of aryl methyl sites for hydroxylation is 1.